The van der Waals surface area contributed by atoms with Crippen molar-refractivity contribution in [2.24, 2.45) is 0 Å². The van der Waals surface area contributed by atoms with Gasteiger partial charge in [0.25, 0.3) is 0 Å². The molecule has 0 heteroatoms. The Hall–Kier alpha value is -0.130. The van der Waals surface area contributed by atoms with Gasteiger partial charge in [0.15, 0.2) is 0 Å². The number of rotatable bonds is 0. The summed E-state index contributed by atoms with van der Waals surface area (Å²) in [6.07, 6.45) is 2.00. The Bertz CT molecular complexity index is 0. The average Bonchev–Trinajstić information content (AvgIpc) is 0.918. The maximum absolute atomic E-state index is 2.00. The second-order valence-electron chi connectivity index (χ2n) is 0.577. The Kier molecular flexibility index (Phi) is 1780. The van der Waals surface area contributed by atoms with Crippen LogP contribution in [0.5, 0.6) is 0 Å². The van der Waals surface area contributed by atoms with E-state index in [0.29, 0.717) is 0 Å². The molecule has 0 radical (unpaired) electrons. The molecule has 0 bridgehead atoms. The highest BCUT2D eigenvalue weighted by molar-refractivity contribution is 4.34. The van der Waals surface area contributed by atoms with Crippen LogP contribution < -0.4 is 0 Å². The van der Waals surface area contributed by atoms with Crippen LogP contribution in [0, 0.1) is 13.8 Å². The van der Waals surface area contributed by atoms with Gasteiger partial charge in [-0.15, -0.1) is 0 Å². The Morgan fingerprint density at radius 3 is 0.857 bits per heavy atom. The first-order chi connectivity index (χ1) is 1.41. The van der Waals surface area contributed by atoms with Crippen molar-refractivity contribution in [3.63, 3.8) is 0 Å². The Morgan fingerprint density at radius 1 is 0.857 bits per heavy atom. The molecule has 0 rings (SSSR count). The monoisotopic (exact) mass is 106 g/mol. The van der Waals surface area contributed by atoms with Gasteiger partial charge in [-0.05, 0) is 0 Å². The van der Waals surface area contributed by atoms with Crippen LogP contribution in [0.15, 0.2) is 0 Å². The van der Waals surface area contributed by atoms with Crippen molar-refractivity contribution in [2.45, 2.75) is 36.1 Å². The van der Waals surface area contributed by atoms with Gasteiger partial charge in [0, 0.05) is 0 Å². The highest BCUT2D eigenvalue weighted by Gasteiger charge is 1.49. The van der Waals surface area contributed by atoms with E-state index in [9.17, 15) is 0 Å². The van der Waals surface area contributed by atoms with E-state index in [2.05, 4.69) is 0 Å². The van der Waals surface area contributed by atoms with Gasteiger partial charge in [0.2, 0.25) is 0 Å². The fourth-order valence-corrected chi connectivity index (χ4v) is 0. The lowest BCUT2D eigenvalue weighted by Crippen LogP contribution is -1.30. The molecule has 0 aromatic heterocycles. The Balaban J connectivity index is -0.00000000333. The topological polar surface area (TPSA) is 0 Å². The summed E-state index contributed by atoms with van der Waals surface area (Å²) < 4.78 is 0. The van der Waals surface area contributed by atoms with E-state index < -0.39 is 0 Å². The van der Waals surface area contributed by atoms with Crippen LogP contribution in [0.3, 0.4) is 0 Å². The van der Waals surface area contributed by atoms with E-state index in [-0.39, 0.29) is 29.7 Å². The summed E-state index contributed by atoms with van der Waals surface area (Å²) in [5.74, 6) is 0. The summed E-state index contributed by atoms with van der Waals surface area (Å²) in [6.45, 7) is 4.00. The van der Waals surface area contributed by atoms with Gasteiger partial charge in [-0.2, -0.15) is 0 Å². The van der Waals surface area contributed by atoms with Crippen molar-refractivity contribution in [1.82, 2.24) is 0 Å². The largest absolute Gasteiger partial charge is 0.358 e. The molecule has 0 N–H and O–H groups in total. The molecule has 0 aliphatic carbocycles. The van der Waals surface area contributed by atoms with Crippen LogP contribution in [0.25, 0.3) is 0 Å². The first-order valence-corrected chi connectivity index (χ1v) is 1.15. The molecular formula is C7H22. The summed E-state index contributed by atoms with van der Waals surface area (Å²) in [5, 5.41) is 0. The molecule has 0 atom stereocenters. The second kappa shape index (κ2) is 184. The average molecular weight is 106 g/mol. The minimum atomic E-state index is 0. The van der Waals surface area contributed by atoms with Gasteiger partial charge in [0.05, 0.1) is 20.3 Å². The minimum absolute atomic E-state index is 0. The van der Waals surface area contributed by atoms with Gasteiger partial charge >= 0.3 is 0 Å². The lowest BCUT2D eigenvalue weighted by atomic mass is 10.6. The molecule has 7 heavy (non-hydrogen) atoms. The molecule has 0 aromatic rings. The van der Waals surface area contributed by atoms with Crippen LogP contribution in [-0.2, 0) is 0 Å². The zero-order valence-corrected chi connectivity index (χ0v) is 3.58. The van der Waals surface area contributed by atoms with Crippen molar-refractivity contribution in [2.75, 3.05) is 0 Å². The lowest BCUT2D eigenvalue weighted by Gasteiger charge is -1.34. The maximum atomic E-state index is 2.00. The Morgan fingerprint density at radius 2 is 0.857 bits per heavy atom. The first kappa shape index (κ1) is 67.7. The van der Waals surface area contributed by atoms with Gasteiger partial charge in [-0.3, -0.25) is 0 Å². The Labute approximate surface area is 51.0 Å². The standard InChI is InChI=1S/C3H7.3CH4.CH3/c1-3-2;;;;/h3H,1-2H3;3*1H4;1H3/q+1;;;;-1. The third-order valence-corrected chi connectivity index (χ3v) is 0. The summed E-state index contributed by atoms with van der Waals surface area (Å²) in [7, 11) is 0. The van der Waals surface area contributed by atoms with E-state index in [1.54, 1.807) is 0 Å². The summed E-state index contributed by atoms with van der Waals surface area (Å²) >= 11 is 0. The van der Waals surface area contributed by atoms with Crippen LogP contribution in [-0.4, -0.2) is 0 Å². The molecule has 0 aliphatic heterocycles. The lowest BCUT2D eigenvalue weighted by molar-refractivity contribution is 1.41. The van der Waals surface area contributed by atoms with E-state index in [4.69, 9.17) is 0 Å². The predicted octanol–water partition coefficient (Wildman–Crippen LogP) is 3.59. The van der Waals surface area contributed by atoms with Crippen molar-refractivity contribution >= 4 is 0 Å². The van der Waals surface area contributed by atoms with E-state index in [0.717, 1.165) is 0 Å². The zero-order chi connectivity index (χ0) is 2.71. The first-order valence-electron chi connectivity index (χ1n) is 1.15. The smallest absolute Gasteiger partial charge is 0.0768 e. The third kappa shape index (κ3) is 5200. The molecule has 0 unspecified atom stereocenters. The fourth-order valence-electron chi connectivity index (χ4n) is 0. The second-order valence-corrected chi connectivity index (χ2v) is 0.577. The summed E-state index contributed by atoms with van der Waals surface area (Å²) in [5.41, 5.74) is 0. The molecule has 0 nitrogen and oxygen atoms in total. The van der Waals surface area contributed by atoms with Crippen molar-refractivity contribution in [3.8, 4) is 0 Å². The van der Waals surface area contributed by atoms with Gasteiger partial charge in [-0.25, -0.2) is 0 Å². The van der Waals surface area contributed by atoms with E-state index >= 15 is 0 Å². The van der Waals surface area contributed by atoms with Crippen molar-refractivity contribution in [3.05, 3.63) is 13.8 Å². The van der Waals surface area contributed by atoms with Crippen LogP contribution in [0.4, 0.5) is 0 Å². The van der Waals surface area contributed by atoms with Crippen molar-refractivity contribution in [1.29, 1.82) is 0 Å². The van der Waals surface area contributed by atoms with Crippen LogP contribution in [0.2, 0.25) is 0 Å². The highest BCUT2D eigenvalue weighted by atomic mass is 13.4. The SMILES string of the molecule is C.C.C.C[CH+]C.[CH3-]. The molecule has 50 valence electrons. The molecule has 0 fully saturated rings. The van der Waals surface area contributed by atoms with E-state index in [1.165, 1.54) is 0 Å². The number of hydrogen-bond acceptors (Lipinski definition) is 0. The molecule has 0 spiro atoms. The van der Waals surface area contributed by atoms with Gasteiger partial charge < -0.3 is 7.43 Å². The third-order valence-electron chi connectivity index (χ3n) is 0. The molecule has 0 aromatic carbocycles. The molecule has 0 amide bonds. The number of hydrogen-bond donors (Lipinski definition) is 0. The minimum Gasteiger partial charge on any atom is -0.358 e. The highest BCUT2D eigenvalue weighted by Crippen LogP contribution is 1.53. The quantitative estimate of drug-likeness (QED) is 0.414. The maximum Gasteiger partial charge on any atom is 0.0768 e. The van der Waals surface area contributed by atoms with Crippen LogP contribution >= 0.6 is 0 Å². The molecule has 0 heterocycles. The predicted molar refractivity (Wildman–Crippen MR) is 42.3 cm³/mol. The van der Waals surface area contributed by atoms with Gasteiger partial charge in [-0.1, -0.05) is 22.3 Å². The normalized spacial score (nSPS) is 2.00. The molecule has 0 aliphatic rings. The molecule has 0 saturated carbocycles. The summed E-state index contributed by atoms with van der Waals surface area (Å²) in [4.78, 5) is 0. The van der Waals surface area contributed by atoms with E-state index in [1.807, 2.05) is 20.3 Å². The van der Waals surface area contributed by atoms with Gasteiger partial charge in [0.1, 0.15) is 0 Å². The molecular weight excluding hydrogens is 84.1 g/mol. The van der Waals surface area contributed by atoms with Crippen LogP contribution in [0.1, 0.15) is 36.1 Å². The zero-order valence-electron chi connectivity index (χ0n) is 3.58. The summed E-state index contributed by atoms with van der Waals surface area (Å²) in [6, 6.07) is 0. The fraction of sp³-hybridized carbons (Fsp3) is 0.714. The molecule has 0 saturated heterocycles. The van der Waals surface area contributed by atoms with Crippen molar-refractivity contribution < 1.29 is 0 Å².